The average Bonchev–Trinajstić information content (AvgIpc) is 3.06. The Morgan fingerprint density at radius 1 is 1.25 bits per heavy atom. The third-order valence-electron chi connectivity index (χ3n) is 3.09. The molecule has 90 valence electrons. The van der Waals surface area contributed by atoms with Crippen molar-refractivity contribution in [2.24, 2.45) is 11.8 Å². The SMILES string of the molecule is O=C(CNCC1CC1)NC(C(=O)O)C1CC1. The highest BCUT2D eigenvalue weighted by Crippen LogP contribution is 2.32. The first-order chi connectivity index (χ1) is 7.66. The lowest BCUT2D eigenvalue weighted by Crippen LogP contribution is -2.46. The van der Waals surface area contributed by atoms with Crippen LogP contribution < -0.4 is 10.6 Å². The molecule has 2 aliphatic carbocycles. The Morgan fingerprint density at radius 3 is 2.44 bits per heavy atom. The minimum atomic E-state index is -0.918. The summed E-state index contributed by atoms with van der Waals surface area (Å²) in [5, 5.41) is 14.5. The van der Waals surface area contributed by atoms with Crippen LogP contribution in [0.5, 0.6) is 0 Å². The maximum Gasteiger partial charge on any atom is 0.326 e. The summed E-state index contributed by atoms with van der Waals surface area (Å²) in [6, 6.07) is -0.685. The highest BCUT2D eigenvalue weighted by molar-refractivity contribution is 5.85. The van der Waals surface area contributed by atoms with Gasteiger partial charge in [-0.2, -0.15) is 0 Å². The maximum absolute atomic E-state index is 11.5. The van der Waals surface area contributed by atoms with Gasteiger partial charge in [0.1, 0.15) is 6.04 Å². The molecule has 1 amide bonds. The van der Waals surface area contributed by atoms with Gasteiger partial charge in [-0.25, -0.2) is 4.79 Å². The van der Waals surface area contributed by atoms with Crippen LogP contribution in [0.15, 0.2) is 0 Å². The Kier molecular flexibility index (Phi) is 3.43. The summed E-state index contributed by atoms with van der Waals surface area (Å²) in [7, 11) is 0. The van der Waals surface area contributed by atoms with Crippen molar-refractivity contribution < 1.29 is 14.7 Å². The predicted molar refractivity (Wildman–Crippen MR) is 57.9 cm³/mol. The molecule has 5 heteroatoms. The minimum Gasteiger partial charge on any atom is -0.480 e. The van der Waals surface area contributed by atoms with Crippen molar-refractivity contribution in [3.8, 4) is 0 Å². The summed E-state index contributed by atoms with van der Waals surface area (Å²) in [6.07, 6.45) is 4.31. The lowest BCUT2D eigenvalue weighted by Gasteiger charge is -2.13. The largest absolute Gasteiger partial charge is 0.480 e. The smallest absolute Gasteiger partial charge is 0.326 e. The number of nitrogens with one attached hydrogen (secondary N) is 2. The molecule has 0 bridgehead atoms. The second-order valence-electron chi connectivity index (χ2n) is 4.80. The number of hydrogen-bond donors (Lipinski definition) is 3. The number of carboxylic acids is 1. The molecule has 2 aliphatic rings. The molecule has 0 aromatic carbocycles. The molecular weight excluding hydrogens is 208 g/mol. The van der Waals surface area contributed by atoms with Crippen molar-refractivity contribution in [3.63, 3.8) is 0 Å². The molecule has 5 nitrogen and oxygen atoms in total. The molecule has 3 N–H and O–H groups in total. The molecule has 2 saturated carbocycles. The standard InChI is InChI=1S/C11H18N2O3/c14-9(6-12-5-7-1-2-7)13-10(11(15)16)8-3-4-8/h7-8,10,12H,1-6H2,(H,13,14)(H,15,16). The third kappa shape index (κ3) is 3.48. The summed E-state index contributed by atoms with van der Waals surface area (Å²) in [6.45, 7) is 1.10. The van der Waals surface area contributed by atoms with Crippen LogP contribution in [0, 0.1) is 11.8 Å². The quantitative estimate of drug-likeness (QED) is 0.569. The first-order valence-corrected chi connectivity index (χ1v) is 5.89. The summed E-state index contributed by atoms with van der Waals surface area (Å²) in [5.41, 5.74) is 0. The number of carbonyl (C=O) groups is 2. The van der Waals surface area contributed by atoms with Gasteiger partial charge in [-0.1, -0.05) is 0 Å². The zero-order valence-corrected chi connectivity index (χ0v) is 9.24. The Labute approximate surface area is 94.6 Å². The van der Waals surface area contributed by atoms with Crippen molar-refractivity contribution >= 4 is 11.9 Å². The van der Waals surface area contributed by atoms with E-state index >= 15 is 0 Å². The Morgan fingerprint density at radius 2 is 1.94 bits per heavy atom. The van der Waals surface area contributed by atoms with Crippen LogP contribution in [-0.2, 0) is 9.59 Å². The monoisotopic (exact) mass is 226 g/mol. The van der Waals surface area contributed by atoms with Crippen molar-refractivity contribution in [2.75, 3.05) is 13.1 Å². The number of amides is 1. The third-order valence-corrected chi connectivity index (χ3v) is 3.09. The maximum atomic E-state index is 11.5. The van der Waals surface area contributed by atoms with Crippen LogP contribution in [0.25, 0.3) is 0 Å². The van der Waals surface area contributed by atoms with Gasteiger partial charge in [0, 0.05) is 0 Å². The fraction of sp³-hybridized carbons (Fsp3) is 0.818. The fourth-order valence-corrected chi connectivity index (χ4v) is 1.75. The van der Waals surface area contributed by atoms with Gasteiger partial charge in [0.05, 0.1) is 6.54 Å². The van der Waals surface area contributed by atoms with E-state index in [4.69, 9.17) is 5.11 Å². The van der Waals surface area contributed by atoms with Crippen molar-refractivity contribution in [2.45, 2.75) is 31.7 Å². The number of rotatable bonds is 7. The minimum absolute atomic E-state index is 0.143. The van der Waals surface area contributed by atoms with E-state index < -0.39 is 12.0 Å². The Balaban J connectivity index is 1.65. The van der Waals surface area contributed by atoms with Gasteiger partial charge in [0.25, 0.3) is 0 Å². The molecule has 0 spiro atoms. The Hall–Kier alpha value is -1.10. The van der Waals surface area contributed by atoms with E-state index in [9.17, 15) is 9.59 Å². The lowest BCUT2D eigenvalue weighted by molar-refractivity contribution is -0.142. The summed E-state index contributed by atoms with van der Waals surface area (Å²) in [4.78, 5) is 22.3. The molecule has 0 heterocycles. The zero-order chi connectivity index (χ0) is 11.5. The van der Waals surface area contributed by atoms with Gasteiger partial charge in [0.2, 0.25) is 5.91 Å². The molecule has 0 aliphatic heterocycles. The van der Waals surface area contributed by atoms with Crippen LogP contribution in [0.3, 0.4) is 0 Å². The Bertz CT molecular complexity index is 285. The molecule has 0 aromatic heterocycles. The van der Waals surface area contributed by atoms with Gasteiger partial charge >= 0.3 is 5.97 Å². The van der Waals surface area contributed by atoms with Crippen LogP contribution in [0.1, 0.15) is 25.7 Å². The lowest BCUT2D eigenvalue weighted by atomic mass is 10.2. The number of carboxylic acid groups (broad SMARTS) is 1. The first-order valence-electron chi connectivity index (χ1n) is 5.89. The number of carbonyl (C=O) groups excluding carboxylic acids is 1. The molecule has 2 fully saturated rings. The zero-order valence-electron chi connectivity index (χ0n) is 9.24. The number of aliphatic carboxylic acids is 1. The predicted octanol–water partition coefficient (Wildman–Crippen LogP) is -0.0346. The van der Waals surface area contributed by atoms with Gasteiger partial charge < -0.3 is 15.7 Å². The molecule has 0 radical (unpaired) electrons. The average molecular weight is 226 g/mol. The molecule has 16 heavy (non-hydrogen) atoms. The summed E-state index contributed by atoms with van der Waals surface area (Å²) in [5.74, 6) is -0.255. The van der Waals surface area contributed by atoms with Crippen molar-refractivity contribution in [1.29, 1.82) is 0 Å². The van der Waals surface area contributed by atoms with Gasteiger partial charge in [0.15, 0.2) is 0 Å². The molecule has 2 rings (SSSR count). The molecular formula is C11H18N2O3. The highest BCUT2D eigenvalue weighted by Gasteiger charge is 2.37. The van der Waals surface area contributed by atoms with E-state index in [-0.39, 0.29) is 18.4 Å². The van der Waals surface area contributed by atoms with Crippen LogP contribution in [0.4, 0.5) is 0 Å². The van der Waals surface area contributed by atoms with Gasteiger partial charge in [-0.3, -0.25) is 4.79 Å². The highest BCUT2D eigenvalue weighted by atomic mass is 16.4. The van der Waals surface area contributed by atoms with E-state index in [1.165, 1.54) is 12.8 Å². The van der Waals surface area contributed by atoms with E-state index in [1.807, 2.05) is 0 Å². The molecule has 0 aromatic rings. The molecule has 0 saturated heterocycles. The summed E-state index contributed by atoms with van der Waals surface area (Å²) >= 11 is 0. The second-order valence-corrected chi connectivity index (χ2v) is 4.80. The van der Waals surface area contributed by atoms with E-state index in [1.54, 1.807) is 0 Å². The van der Waals surface area contributed by atoms with Gasteiger partial charge in [-0.15, -0.1) is 0 Å². The first kappa shape index (κ1) is 11.4. The van der Waals surface area contributed by atoms with Gasteiger partial charge in [-0.05, 0) is 44.1 Å². The van der Waals surface area contributed by atoms with E-state index in [2.05, 4.69) is 10.6 Å². The second kappa shape index (κ2) is 4.82. The van der Waals surface area contributed by atoms with E-state index in [0.29, 0.717) is 0 Å². The molecule has 1 unspecified atom stereocenters. The van der Waals surface area contributed by atoms with Crippen LogP contribution in [0.2, 0.25) is 0 Å². The number of hydrogen-bond acceptors (Lipinski definition) is 3. The molecule has 1 atom stereocenters. The van der Waals surface area contributed by atoms with Crippen LogP contribution >= 0.6 is 0 Å². The van der Waals surface area contributed by atoms with Crippen LogP contribution in [-0.4, -0.2) is 36.1 Å². The van der Waals surface area contributed by atoms with Crippen molar-refractivity contribution in [1.82, 2.24) is 10.6 Å². The van der Waals surface area contributed by atoms with Crippen molar-refractivity contribution in [3.05, 3.63) is 0 Å². The van der Waals surface area contributed by atoms with E-state index in [0.717, 1.165) is 25.3 Å². The fourth-order valence-electron chi connectivity index (χ4n) is 1.75. The topological polar surface area (TPSA) is 78.4 Å². The summed E-state index contributed by atoms with van der Waals surface area (Å²) < 4.78 is 0. The normalized spacial score (nSPS) is 21.5.